The van der Waals surface area contributed by atoms with Crippen molar-refractivity contribution in [3.05, 3.63) is 0 Å². The van der Waals surface area contributed by atoms with Crippen molar-refractivity contribution in [2.75, 3.05) is 13.1 Å². The molecule has 134 valence electrons. The summed E-state index contributed by atoms with van der Waals surface area (Å²) in [6, 6.07) is 2.15. The predicted octanol–water partition coefficient (Wildman–Crippen LogP) is 2.29. The van der Waals surface area contributed by atoms with Crippen LogP contribution >= 0.6 is 0 Å². The molecule has 3 N–H and O–H groups in total. The molecule has 4 atom stereocenters. The van der Waals surface area contributed by atoms with Gasteiger partial charge in [-0.05, 0) is 50.5 Å². The lowest BCUT2D eigenvalue weighted by Gasteiger charge is -2.34. The van der Waals surface area contributed by atoms with E-state index in [4.69, 9.17) is 5.26 Å². The summed E-state index contributed by atoms with van der Waals surface area (Å²) in [6.07, 6.45) is 12.5. The first-order valence-electron chi connectivity index (χ1n) is 9.91. The molecule has 24 heavy (non-hydrogen) atoms. The van der Waals surface area contributed by atoms with Crippen LogP contribution in [-0.2, 0) is 4.79 Å². The molecule has 0 aromatic heterocycles. The van der Waals surface area contributed by atoms with Gasteiger partial charge in [-0.25, -0.2) is 0 Å². The molecule has 2 heterocycles. The van der Waals surface area contributed by atoms with Crippen LogP contribution < -0.4 is 16.0 Å². The summed E-state index contributed by atoms with van der Waals surface area (Å²) >= 11 is 0. The minimum absolute atomic E-state index is 0.0105. The first kappa shape index (κ1) is 17.7. The van der Waals surface area contributed by atoms with Crippen molar-refractivity contribution >= 4 is 5.91 Å². The average Bonchev–Trinajstić information content (AvgIpc) is 2.64. The predicted molar refractivity (Wildman–Crippen MR) is 94.0 cm³/mol. The smallest absolute Gasteiger partial charge is 0.225 e. The van der Waals surface area contributed by atoms with Gasteiger partial charge in [0.25, 0.3) is 0 Å². The van der Waals surface area contributed by atoms with Crippen LogP contribution in [0.4, 0.5) is 0 Å². The fraction of sp³-hybridized carbons (Fsp3) is 0.895. The Bertz CT molecular complexity index is 439. The minimum atomic E-state index is -0.0811. The zero-order valence-electron chi connectivity index (χ0n) is 14.7. The lowest BCUT2D eigenvalue weighted by Crippen LogP contribution is -2.53. The molecular formula is C19H32N4O. The second kappa shape index (κ2) is 8.82. The van der Waals surface area contributed by atoms with E-state index < -0.39 is 0 Å². The third-order valence-corrected chi connectivity index (χ3v) is 6.17. The van der Waals surface area contributed by atoms with Gasteiger partial charge in [0.05, 0.1) is 24.2 Å². The molecule has 1 aliphatic carbocycles. The second-order valence-corrected chi connectivity index (χ2v) is 8.02. The highest BCUT2D eigenvalue weighted by Crippen LogP contribution is 2.31. The first-order chi connectivity index (χ1) is 11.7. The lowest BCUT2D eigenvalue weighted by molar-refractivity contribution is -0.126. The van der Waals surface area contributed by atoms with Gasteiger partial charge in [-0.3, -0.25) is 10.1 Å². The summed E-state index contributed by atoms with van der Waals surface area (Å²) in [5.41, 5.74) is 0. The Labute approximate surface area is 145 Å². The summed E-state index contributed by atoms with van der Waals surface area (Å²) < 4.78 is 0. The van der Waals surface area contributed by atoms with E-state index >= 15 is 0 Å². The van der Waals surface area contributed by atoms with E-state index in [1.807, 2.05) is 0 Å². The van der Waals surface area contributed by atoms with Crippen molar-refractivity contribution in [2.24, 2.45) is 17.8 Å². The van der Waals surface area contributed by atoms with E-state index in [0.717, 1.165) is 37.6 Å². The highest BCUT2D eigenvalue weighted by molar-refractivity contribution is 5.79. The van der Waals surface area contributed by atoms with Crippen LogP contribution in [0.5, 0.6) is 0 Å². The Morgan fingerprint density at radius 1 is 0.958 bits per heavy atom. The molecule has 1 saturated carbocycles. The van der Waals surface area contributed by atoms with Crippen molar-refractivity contribution in [1.29, 1.82) is 5.26 Å². The SMILES string of the molecule is N#CC1CCC(C(=O)NC2CCC(CC3CCCCC3)CN2)CN1. The summed E-state index contributed by atoms with van der Waals surface area (Å²) in [6.45, 7) is 1.67. The maximum Gasteiger partial charge on any atom is 0.225 e. The summed E-state index contributed by atoms with van der Waals surface area (Å²) in [4.78, 5) is 12.4. The van der Waals surface area contributed by atoms with Gasteiger partial charge < -0.3 is 10.6 Å². The van der Waals surface area contributed by atoms with E-state index in [1.54, 1.807) is 0 Å². The highest BCUT2D eigenvalue weighted by Gasteiger charge is 2.29. The monoisotopic (exact) mass is 332 g/mol. The number of nitrogens with one attached hydrogen (secondary N) is 3. The van der Waals surface area contributed by atoms with Crippen LogP contribution in [0.3, 0.4) is 0 Å². The molecule has 3 fully saturated rings. The first-order valence-corrected chi connectivity index (χ1v) is 9.91. The van der Waals surface area contributed by atoms with E-state index in [0.29, 0.717) is 6.54 Å². The molecule has 0 radical (unpaired) electrons. The Balaban J connectivity index is 1.34. The maximum atomic E-state index is 12.4. The van der Waals surface area contributed by atoms with Crippen LogP contribution in [-0.4, -0.2) is 31.2 Å². The van der Waals surface area contributed by atoms with Crippen molar-refractivity contribution < 1.29 is 4.79 Å². The molecule has 3 aliphatic rings. The molecule has 3 rings (SSSR count). The normalized spacial score (nSPS) is 35.1. The zero-order chi connectivity index (χ0) is 16.8. The van der Waals surface area contributed by atoms with Crippen molar-refractivity contribution in [2.45, 2.75) is 76.4 Å². The number of carbonyl (C=O) groups excluding carboxylic acids is 1. The van der Waals surface area contributed by atoms with E-state index in [9.17, 15) is 4.79 Å². The van der Waals surface area contributed by atoms with E-state index in [-0.39, 0.29) is 24.0 Å². The van der Waals surface area contributed by atoms with Gasteiger partial charge in [0, 0.05) is 6.54 Å². The maximum absolute atomic E-state index is 12.4. The molecule has 2 saturated heterocycles. The Hall–Kier alpha value is -1.12. The van der Waals surface area contributed by atoms with Gasteiger partial charge >= 0.3 is 0 Å². The third kappa shape index (κ3) is 4.94. The van der Waals surface area contributed by atoms with E-state index in [1.165, 1.54) is 44.9 Å². The average molecular weight is 332 g/mol. The molecule has 1 amide bonds. The largest absolute Gasteiger partial charge is 0.340 e. The second-order valence-electron chi connectivity index (χ2n) is 8.02. The molecule has 0 spiro atoms. The van der Waals surface area contributed by atoms with Gasteiger partial charge in [0.15, 0.2) is 0 Å². The molecule has 4 unspecified atom stereocenters. The van der Waals surface area contributed by atoms with Crippen LogP contribution in [0.1, 0.15) is 64.2 Å². The fourth-order valence-electron chi connectivity index (χ4n) is 4.61. The fourth-order valence-corrected chi connectivity index (χ4v) is 4.61. The number of hydrogen-bond donors (Lipinski definition) is 3. The number of amides is 1. The Kier molecular flexibility index (Phi) is 6.51. The highest BCUT2D eigenvalue weighted by atomic mass is 16.2. The number of piperidine rings is 2. The van der Waals surface area contributed by atoms with Gasteiger partial charge in [-0.1, -0.05) is 32.1 Å². The van der Waals surface area contributed by atoms with E-state index in [2.05, 4.69) is 22.0 Å². The molecule has 5 heteroatoms. The summed E-state index contributed by atoms with van der Waals surface area (Å²) in [5, 5.41) is 18.8. The van der Waals surface area contributed by atoms with Crippen LogP contribution in [0, 0.1) is 29.1 Å². The summed E-state index contributed by atoms with van der Waals surface area (Å²) in [7, 11) is 0. The number of hydrogen-bond acceptors (Lipinski definition) is 4. The molecule has 5 nitrogen and oxygen atoms in total. The zero-order valence-corrected chi connectivity index (χ0v) is 14.7. The number of nitrogens with zero attached hydrogens (tertiary/aromatic N) is 1. The molecule has 2 aliphatic heterocycles. The van der Waals surface area contributed by atoms with Crippen molar-refractivity contribution in [3.8, 4) is 6.07 Å². The Morgan fingerprint density at radius 2 is 1.79 bits per heavy atom. The lowest BCUT2D eigenvalue weighted by atomic mass is 9.80. The van der Waals surface area contributed by atoms with Gasteiger partial charge in [0.2, 0.25) is 5.91 Å². The van der Waals surface area contributed by atoms with Crippen molar-refractivity contribution in [3.63, 3.8) is 0 Å². The molecular weight excluding hydrogens is 300 g/mol. The number of rotatable bonds is 4. The summed E-state index contributed by atoms with van der Waals surface area (Å²) in [5.74, 6) is 1.88. The van der Waals surface area contributed by atoms with Crippen LogP contribution in [0.15, 0.2) is 0 Å². The number of carbonyl (C=O) groups is 1. The van der Waals surface area contributed by atoms with Crippen molar-refractivity contribution in [1.82, 2.24) is 16.0 Å². The topological polar surface area (TPSA) is 77.0 Å². The number of nitriles is 1. The van der Waals surface area contributed by atoms with Gasteiger partial charge in [-0.15, -0.1) is 0 Å². The van der Waals surface area contributed by atoms with Crippen LogP contribution in [0.2, 0.25) is 0 Å². The van der Waals surface area contributed by atoms with Gasteiger partial charge in [0.1, 0.15) is 0 Å². The third-order valence-electron chi connectivity index (χ3n) is 6.17. The van der Waals surface area contributed by atoms with Gasteiger partial charge in [-0.2, -0.15) is 5.26 Å². The quantitative estimate of drug-likeness (QED) is 0.738. The molecule has 0 aromatic rings. The standard InChI is InChI=1S/C19H32N4O/c20-11-17-8-7-16(13-21-17)19(24)23-18-9-6-15(12-22-18)10-14-4-2-1-3-5-14/h14-18,21-22H,1-10,12-13H2,(H,23,24). The molecule has 0 bridgehead atoms. The van der Waals surface area contributed by atoms with Crippen LogP contribution in [0.25, 0.3) is 0 Å². The molecule has 0 aromatic carbocycles. The Morgan fingerprint density at radius 3 is 2.42 bits per heavy atom. The minimum Gasteiger partial charge on any atom is -0.340 e.